The van der Waals surface area contributed by atoms with Crippen LogP contribution in [0.5, 0.6) is 23.0 Å². The number of carbonyl (C=O) groups excluding carboxylic acids is 4. The topological polar surface area (TPSA) is 124 Å². The van der Waals surface area contributed by atoms with Crippen molar-refractivity contribution in [3.05, 3.63) is 82.9 Å². The van der Waals surface area contributed by atoms with Gasteiger partial charge < -0.3 is 23.8 Å². The van der Waals surface area contributed by atoms with Crippen LogP contribution in [0.25, 0.3) is 6.08 Å². The molecule has 2 aliphatic rings. The second kappa shape index (κ2) is 12.0. The molecule has 5 rings (SSSR count). The minimum Gasteiger partial charge on any atom is -0.494 e. The summed E-state index contributed by atoms with van der Waals surface area (Å²) in [5.41, 5.74) is 1.56. The van der Waals surface area contributed by atoms with Gasteiger partial charge in [0, 0.05) is 24.7 Å². The maximum absolute atomic E-state index is 13.6. The van der Waals surface area contributed by atoms with E-state index in [9.17, 15) is 19.2 Å². The molecule has 1 N–H and O–H groups in total. The van der Waals surface area contributed by atoms with Gasteiger partial charge >= 0.3 is 6.03 Å². The molecule has 11 nitrogen and oxygen atoms in total. The van der Waals surface area contributed by atoms with Gasteiger partial charge in [-0.3, -0.25) is 19.7 Å². The summed E-state index contributed by atoms with van der Waals surface area (Å²) >= 11 is 0. The van der Waals surface area contributed by atoms with Gasteiger partial charge in [0.25, 0.3) is 17.7 Å². The Balaban J connectivity index is 1.50. The summed E-state index contributed by atoms with van der Waals surface area (Å²) in [6.45, 7) is 2.58. The second-order valence-electron chi connectivity index (χ2n) is 9.44. The van der Waals surface area contributed by atoms with Crippen molar-refractivity contribution in [2.45, 2.75) is 13.3 Å². The van der Waals surface area contributed by atoms with Crippen LogP contribution in [0.2, 0.25) is 0 Å². The number of barbiturate groups is 1. The predicted octanol–water partition coefficient (Wildman–Crippen LogP) is 3.80. The van der Waals surface area contributed by atoms with Crippen LogP contribution in [-0.2, 0) is 16.0 Å². The van der Waals surface area contributed by atoms with Crippen LogP contribution in [0.4, 0.5) is 10.5 Å². The van der Waals surface area contributed by atoms with Crippen molar-refractivity contribution >= 4 is 35.5 Å². The second-order valence-corrected chi connectivity index (χ2v) is 9.44. The number of fused-ring (bicyclic) bond motifs is 1. The molecule has 0 spiro atoms. The molecular formula is C31H29N3O8. The van der Waals surface area contributed by atoms with Crippen LogP contribution < -0.4 is 29.2 Å². The van der Waals surface area contributed by atoms with Crippen molar-refractivity contribution in [3.63, 3.8) is 0 Å². The average Bonchev–Trinajstić information content (AvgIpc) is 3.47. The van der Waals surface area contributed by atoms with E-state index in [-0.39, 0.29) is 29.7 Å². The summed E-state index contributed by atoms with van der Waals surface area (Å²) in [4.78, 5) is 54.7. The summed E-state index contributed by atoms with van der Waals surface area (Å²) in [6, 6.07) is 16.1. The molecule has 0 unspecified atom stereocenters. The van der Waals surface area contributed by atoms with E-state index in [4.69, 9.17) is 18.9 Å². The number of nitrogens with one attached hydrogen (secondary N) is 1. The number of amides is 5. The Morgan fingerprint density at radius 3 is 2.50 bits per heavy atom. The summed E-state index contributed by atoms with van der Waals surface area (Å²) in [5.74, 6) is -0.228. The number of methoxy groups -OCH3 is 1. The van der Waals surface area contributed by atoms with Crippen LogP contribution in [0.3, 0.4) is 0 Å². The van der Waals surface area contributed by atoms with Gasteiger partial charge in [0.05, 0.1) is 19.4 Å². The first-order valence-electron chi connectivity index (χ1n) is 13.3. The molecule has 2 aliphatic heterocycles. The number of anilines is 1. The minimum atomic E-state index is -0.870. The quantitative estimate of drug-likeness (QED) is 0.304. The van der Waals surface area contributed by atoms with Gasteiger partial charge in [-0.15, -0.1) is 0 Å². The molecule has 42 heavy (non-hydrogen) atoms. The van der Waals surface area contributed by atoms with Crippen molar-refractivity contribution in [1.82, 2.24) is 10.2 Å². The number of hydrogen-bond acceptors (Lipinski definition) is 8. The smallest absolute Gasteiger partial charge is 0.335 e. The summed E-state index contributed by atoms with van der Waals surface area (Å²) in [7, 11) is 3.13. The van der Waals surface area contributed by atoms with Crippen LogP contribution in [0.15, 0.2) is 66.2 Å². The third-order valence-electron chi connectivity index (χ3n) is 6.83. The van der Waals surface area contributed by atoms with Crippen LogP contribution in [0.1, 0.15) is 28.4 Å². The number of nitrogens with zero attached hydrogens (tertiary/aromatic N) is 2. The number of benzene rings is 3. The fourth-order valence-corrected chi connectivity index (χ4v) is 4.73. The molecule has 0 radical (unpaired) electrons. The van der Waals surface area contributed by atoms with Gasteiger partial charge in [-0.2, -0.15) is 0 Å². The largest absolute Gasteiger partial charge is 0.494 e. The summed E-state index contributed by atoms with van der Waals surface area (Å²) < 4.78 is 22.3. The van der Waals surface area contributed by atoms with Gasteiger partial charge in [-0.05, 0) is 67.4 Å². The molecule has 0 bridgehead atoms. The van der Waals surface area contributed by atoms with Gasteiger partial charge in [-0.1, -0.05) is 18.2 Å². The molecule has 5 amide bonds. The number of imide groups is 2. The molecule has 1 fully saturated rings. The van der Waals surface area contributed by atoms with E-state index in [0.29, 0.717) is 53.5 Å². The average molecular weight is 572 g/mol. The lowest BCUT2D eigenvalue weighted by molar-refractivity contribution is -0.122. The fraction of sp³-hybridized carbons (Fsp3) is 0.226. The molecule has 3 aromatic carbocycles. The summed E-state index contributed by atoms with van der Waals surface area (Å²) in [5, 5.41) is 2.24. The van der Waals surface area contributed by atoms with Gasteiger partial charge in [0.15, 0.2) is 11.5 Å². The lowest BCUT2D eigenvalue weighted by Gasteiger charge is -2.27. The first-order valence-corrected chi connectivity index (χ1v) is 13.3. The first-order chi connectivity index (χ1) is 20.3. The number of urea groups is 1. The predicted molar refractivity (Wildman–Crippen MR) is 153 cm³/mol. The summed E-state index contributed by atoms with van der Waals surface area (Å²) in [6.07, 6.45) is 1.71. The Bertz CT molecular complexity index is 1570. The molecule has 0 atom stereocenters. The van der Waals surface area contributed by atoms with E-state index in [1.807, 2.05) is 13.0 Å². The van der Waals surface area contributed by atoms with Crippen LogP contribution in [-0.4, -0.2) is 62.8 Å². The van der Waals surface area contributed by atoms with Gasteiger partial charge in [0.1, 0.15) is 11.3 Å². The molecular weight excluding hydrogens is 542 g/mol. The monoisotopic (exact) mass is 571 g/mol. The Labute approximate surface area is 242 Å². The normalized spacial score (nSPS) is 15.1. The zero-order valence-corrected chi connectivity index (χ0v) is 23.3. The maximum atomic E-state index is 13.6. The van der Waals surface area contributed by atoms with Crippen molar-refractivity contribution < 1.29 is 38.1 Å². The Morgan fingerprint density at radius 1 is 1.07 bits per heavy atom. The van der Waals surface area contributed by atoms with E-state index < -0.39 is 17.8 Å². The molecule has 0 aliphatic carbocycles. The molecule has 11 heteroatoms. The zero-order valence-electron chi connectivity index (χ0n) is 23.3. The standard InChI is InChI=1S/C31H29N3O8/c1-4-40-22-12-10-21(11-13-22)34-30(37)24(28(35)32-31(34)38)17-23-20(16-25-27(26(23)39-3)42-18-41-25)14-15-33(2)29(36)19-8-6-5-7-9-19/h5-13,16-17H,4,14-15,18H2,1-3H3,(H,32,35,38)/b24-17-. The lowest BCUT2D eigenvalue weighted by atomic mass is 9.97. The van der Waals surface area contributed by atoms with E-state index in [1.54, 1.807) is 66.5 Å². The molecule has 0 saturated carbocycles. The number of rotatable bonds is 9. The van der Waals surface area contributed by atoms with Gasteiger partial charge in [-0.25, -0.2) is 9.69 Å². The lowest BCUT2D eigenvalue weighted by Crippen LogP contribution is -2.54. The van der Waals surface area contributed by atoms with Gasteiger partial charge in [0.2, 0.25) is 12.5 Å². The van der Waals surface area contributed by atoms with Crippen LogP contribution >= 0.6 is 0 Å². The first kappa shape index (κ1) is 28.2. The fourth-order valence-electron chi connectivity index (χ4n) is 4.73. The molecule has 0 aromatic heterocycles. The minimum absolute atomic E-state index is 0.0308. The molecule has 3 aromatic rings. The van der Waals surface area contributed by atoms with Crippen molar-refractivity contribution in [3.8, 4) is 23.0 Å². The molecule has 216 valence electrons. The highest BCUT2D eigenvalue weighted by Gasteiger charge is 2.38. The Hall–Kier alpha value is -5.32. The van der Waals surface area contributed by atoms with E-state index in [2.05, 4.69) is 5.32 Å². The zero-order chi connectivity index (χ0) is 29.8. The highest BCUT2D eigenvalue weighted by molar-refractivity contribution is 6.39. The maximum Gasteiger partial charge on any atom is 0.335 e. The van der Waals surface area contributed by atoms with E-state index in [0.717, 1.165) is 4.90 Å². The van der Waals surface area contributed by atoms with Crippen molar-refractivity contribution in [1.29, 1.82) is 0 Å². The number of hydrogen-bond donors (Lipinski definition) is 1. The van der Waals surface area contributed by atoms with Crippen molar-refractivity contribution in [2.75, 3.05) is 39.0 Å². The van der Waals surface area contributed by atoms with Crippen LogP contribution in [0, 0.1) is 0 Å². The number of carbonyl (C=O) groups is 4. The van der Waals surface area contributed by atoms with Crippen molar-refractivity contribution in [2.24, 2.45) is 0 Å². The molecule has 2 heterocycles. The Kier molecular flexibility index (Phi) is 8.09. The molecule has 1 saturated heterocycles. The number of likely N-dealkylation sites (N-methyl/N-ethyl adjacent to an activating group) is 1. The SMILES string of the molecule is CCOc1ccc(N2C(=O)NC(=O)/C(=C/c3c(CCN(C)C(=O)c4ccccc4)cc4c(c3OC)OCO4)C2=O)cc1. The number of ether oxygens (including phenoxy) is 4. The third-order valence-corrected chi connectivity index (χ3v) is 6.83. The van der Waals surface area contributed by atoms with E-state index >= 15 is 0 Å². The highest BCUT2D eigenvalue weighted by atomic mass is 16.7. The third kappa shape index (κ3) is 5.49. The highest BCUT2D eigenvalue weighted by Crippen LogP contribution is 2.46. The Morgan fingerprint density at radius 2 is 1.81 bits per heavy atom. The van der Waals surface area contributed by atoms with E-state index in [1.165, 1.54) is 13.2 Å².